The maximum absolute atomic E-state index is 11.3. The second-order valence-electron chi connectivity index (χ2n) is 4.73. The number of rotatable bonds is 2. The number of aromatic nitrogens is 2. The summed E-state index contributed by atoms with van der Waals surface area (Å²) in [4.78, 5) is 24.2. The van der Waals surface area contributed by atoms with Gasteiger partial charge in [-0.2, -0.15) is 0 Å². The van der Waals surface area contributed by atoms with Crippen LogP contribution in [0.25, 0.3) is 0 Å². The summed E-state index contributed by atoms with van der Waals surface area (Å²) in [6.45, 7) is 8.61. The Morgan fingerprint density at radius 3 is 2.42 bits per heavy atom. The molecular formula is C13H19ClN4O. The number of halogens is 1. The number of amides is 1. The predicted octanol–water partition coefficient (Wildman–Crippen LogP) is 1.67. The molecule has 1 saturated heterocycles. The van der Waals surface area contributed by atoms with Crippen LogP contribution < -0.4 is 4.90 Å². The van der Waals surface area contributed by atoms with Crippen LogP contribution in [0.4, 0.5) is 5.82 Å². The number of carbonyl (C=O) groups is 1. The highest BCUT2D eigenvalue weighted by Gasteiger charge is 2.22. The molecular weight excluding hydrogens is 264 g/mol. The number of piperazine rings is 1. The fourth-order valence-electron chi connectivity index (χ4n) is 2.22. The molecule has 2 heterocycles. The zero-order valence-electron chi connectivity index (χ0n) is 11.6. The Kier molecular flexibility index (Phi) is 4.24. The minimum Gasteiger partial charge on any atom is -0.353 e. The first-order valence-corrected chi connectivity index (χ1v) is 6.94. The minimum atomic E-state index is 0.131. The molecule has 0 bridgehead atoms. The molecule has 0 unspecified atom stereocenters. The highest BCUT2D eigenvalue weighted by molar-refractivity contribution is 6.30. The van der Waals surface area contributed by atoms with Crippen LogP contribution >= 0.6 is 11.6 Å². The van der Waals surface area contributed by atoms with Crippen LogP contribution in [0.1, 0.15) is 25.2 Å². The van der Waals surface area contributed by atoms with Crippen molar-refractivity contribution >= 4 is 23.3 Å². The number of hydrogen-bond acceptors (Lipinski definition) is 4. The Morgan fingerprint density at radius 2 is 1.89 bits per heavy atom. The molecule has 1 aromatic heterocycles. The molecule has 0 radical (unpaired) electrons. The molecule has 19 heavy (non-hydrogen) atoms. The van der Waals surface area contributed by atoms with Gasteiger partial charge in [0, 0.05) is 45.1 Å². The van der Waals surface area contributed by atoms with E-state index in [4.69, 9.17) is 11.6 Å². The molecule has 2 rings (SSSR count). The molecule has 6 heteroatoms. The summed E-state index contributed by atoms with van der Waals surface area (Å²) in [5.74, 6) is 1.80. The lowest BCUT2D eigenvalue weighted by atomic mass is 10.2. The van der Waals surface area contributed by atoms with Crippen molar-refractivity contribution in [1.29, 1.82) is 0 Å². The van der Waals surface area contributed by atoms with Crippen molar-refractivity contribution in [2.75, 3.05) is 31.1 Å². The quantitative estimate of drug-likeness (QED) is 0.774. The van der Waals surface area contributed by atoms with E-state index in [0.717, 1.165) is 49.8 Å². The van der Waals surface area contributed by atoms with Crippen molar-refractivity contribution in [3.8, 4) is 0 Å². The van der Waals surface area contributed by atoms with Crippen molar-refractivity contribution in [3.63, 3.8) is 0 Å². The largest absolute Gasteiger partial charge is 0.353 e. The van der Waals surface area contributed by atoms with Crippen LogP contribution in [-0.2, 0) is 11.2 Å². The zero-order valence-corrected chi connectivity index (χ0v) is 12.4. The van der Waals surface area contributed by atoms with E-state index in [-0.39, 0.29) is 5.91 Å². The SMILES string of the molecule is CCc1nc(Cl)c(C)c(N2CCN(C(C)=O)CC2)n1. The van der Waals surface area contributed by atoms with Crippen LogP contribution in [0.15, 0.2) is 0 Å². The summed E-state index contributed by atoms with van der Waals surface area (Å²) in [6.07, 6.45) is 0.764. The van der Waals surface area contributed by atoms with Gasteiger partial charge in [0.1, 0.15) is 16.8 Å². The Bertz CT molecular complexity index is 484. The molecule has 0 aromatic carbocycles. The Morgan fingerprint density at radius 1 is 1.26 bits per heavy atom. The first-order valence-electron chi connectivity index (χ1n) is 6.56. The van der Waals surface area contributed by atoms with E-state index >= 15 is 0 Å². The number of carbonyl (C=O) groups excluding carboxylic acids is 1. The first kappa shape index (κ1) is 14.1. The number of anilines is 1. The lowest BCUT2D eigenvalue weighted by Crippen LogP contribution is -2.48. The van der Waals surface area contributed by atoms with Gasteiger partial charge < -0.3 is 9.80 Å². The molecule has 5 nitrogen and oxygen atoms in total. The van der Waals surface area contributed by atoms with E-state index in [1.807, 2.05) is 18.7 Å². The molecule has 1 aromatic rings. The monoisotopic (exact) mass is 282 g/mol. The third kappa shape index (κ3) is 2.97. The molecule has 0 saturated carbocycles. The first-order chi connectivity index (χ1) is 9.02. The maximum atomic E-state index is 11.3. The summed E-state index contributed by atoms with van der Waals surface area (Å²) in [5.41, 5.74) is 0.912. The van der Waals surface area contributed by atoms with Gasteiger partial charge in [-0.15, -0.1) is 0 Å². The summed E-state index contributed by atoms with van der Waals surface area (Å²) in [5, 5.41) is 0.524. The van der Waals surface area contributed by atoms with E-state index < -0.39 is 0 Å². The summed E-state index contributed by atoms with van der Waals surface area (Å²) in [6, 6.07) is 0. The van der Waals surface area contributed by atoms with E-state index in [0.29, 0.717) is 5.15 Å². The second-order valence-corrected chi connectivity index (χ2v) is 5.08. The molecule has 0 N–H and O–H groups in total. The van der Waals surface area contributed by atoms with Crippen molar-refractivity contribution in [2.24, 2.45) is 0 Å². The van der Waals surface area contributed by atoms with E-state index in [1.54, 1.807) is 6.92 Å². The lowest BCUT2D eigenvalue weighted by Gasteiger charge is -2.35. The molecule has 0 atom stereocenters. The zero-order chi connectivity index (χ0) is 14.0. The van der Waals surface area contributed by atoms with Crippen LogP contribution in [0.3, 0.4) is 0 Å². The predicted molar refractivity (Wildman–Crippen MR) is 75.6 cm³/mol. The molecule has 1 aliphatic rings. The Labute approximate surface area is 118 Å². The molecule has 1 amide bonds. The Hall–Kier alpha value is -1.36. The van der Waals surface area contributed by atoms with E-state index in [1.165, 1.54) is 0 Å². The molecule has 1 fully saturated rings. The second kappa shape index (κ2) is 5.74. The highest BCUT2D eigenvalue weighted by atomic mass is 35.5. The topological polar surface area (TPSA) is 49.3 Å². The van der Waals surface area contributed by atoms with E-state index in [9.17, 15) is 4.79 Å². The van der Waals surface area contributed by atoms with Gasteiger partial charge in [-0.25, -0.2) is 9.97 Å². The Balaban J connectivity index is 2.19. The number of hydrogen-bond donors (Lipinski definition) is 0. The highest BCUT2D eigenvalue weighted by Crippen LogP contribution is 2.24. The van der Waals surface area contributed by atoms with Gasteiger partial charge in [-0.1, -0.05) is 18.5 Å². The average Bonchev–Trinajstić information content (AvgIpc) is 2.41. The van der Waals surface area contributed by atoms with Crippen molar-refractivity contribution in [2.45, 2.75) is 27.2 Å². The van der Waals surface area contributed by atoms with Crippen LogP contribution in [0.5, 0.6) is 0 Å². The van der Waals surface area contributed by atoms with Gasteiger partial charge in [0.15, 0.2) is 0 Å². The molecule has 1 aliphatic heterocycles. The fraction of sp³-hybridized carbons (Fsp3) is 0.615. The van der Waals surface area contributed by atoms with Crippen LogP contribution in [-0.4, -0.2) is 47.0 Å². The van der Waals surface area contributed by atoms with Crippen LogP contribution in [0, 0.1) is 6.92 Å². The third-order valence-electron chi connectivity index (χ3n) is 3.45. The van der Waals surface area contributed by atoms with Gasteiger partial charge in [0.25, 0.3) is 0 Å². The summed E-state index contributed by atoms with van der Waals surface area (Å²) >= 11 is 6.15. The average molecular weight is 283 g/mol. The van der Waals surface area contributed by atoms with Crippen molar-refractivity contribution in [1.82, 2.24) is 14.9 Å². The van der Waals surface area contributed by atoms with Crippen LogP contribution in [0.2, 0.25) is 5.15 Å². The van der Waals surface area contributed by atoms with Gasteiger partial charge in [-0.05, 0) is 6.92 Å². The summed E-state index contributed by atoms with van der Waals surface area (Å²) in [7, 11) is 0. The van der Waals surface area contributed by atoms with Crippen molar-refractivity contribution in [3.05, 3.63) is 16.5 Å². The van der Waals surface area contributed by atoms with Crippen molar-refractivity contribution < 1.29 is 4.79 Å². The van der Waals surface area contributed by atoms with Gasteiger partial charge in [0.05, 0.1) is 0 Å². The normalized spacial score (nSPS) is 15.8. The van der Waals surface area contributed by atoms with Gasteiger partial charge in [0.2, 0.25) is 5.91 Å². The number of nitrogens with zero attached hydrogens (tertiary/aromatic N) is 4. The van der Waals surface area contributed by atoms with Gasteiger partial charge in [-0.3, -0.25) is 4.79 Å². The lowest BCUT2D eigenvalue weighted by molar-refractivity contribution is -0.129. The fourth-order valence-corrected chi connectivity index (χ4v) is 2.40. The minimum absolute atomic E-state index is 0.131. The standard InChI is InChI=1S/C13H19ClN4O/c1-4-11-15-12(14)9(2)13(16-11)18-7-5-17(6-8-18)10(3)19/h4-8H2,1-3H3. The molecule has 0 spiro atoms. The third-order valence-corrected chi connectivity index (χ3v) is 3.82. The summed E-state index contributed by atoms with van der Waals surface area (Å²) < 4.78 is 0. The van der Waals surface area contributed by atoms with Gasteiger partial charge >= 0.3 is 0 Å². The molecule has 104 valence electrons. The van der Waals surface area contributed by atoms with E-state index in [2.05, 4.69) is 14.9 Å². The smallest absolute Gasteiger partial charge is 0.219 e. The maximum Gasteiger partial charge on any atom is 0.219 e. The molecule has 0 aliphatic carbocycles. The number of aryl methyl sites for hydroxylation is 1.